The van der Waals surface area contributed by atoms with Gasteiger partial charge in [0.2, 0.25) is 0 Å². The van der Waals surface area contributed by atoms with Gasteiger partial charge in [-0.15, -0.1) is 49.3 Å². The first-order chi connectivity index (χ1) is 12.0. The third-order valence-electron chi connectivity index (χ3n) is 4.06. The summed E-state index contributed by atoms with van der Waals surface area (Å²) in [6, 6.07) is 8.25. The second kappa shape index (κ2) is 10.4. The Hall–Kier alpha value is -1.19. The minimum atomic E-state index is -4.72. The van der Waals surface area contributed by atoms with Crippen molar-refractivity contribution in [2.24, 2.45) is 0 Å². The first-order valence-corrected chi connectivity index (χ1v) is 8.78. The van der Waals surface area contributed by atoms with Crippen molar-refractivity contribution in [1.29, 1.82) is 0 Å². The maximum Gasteiger partial charge on any atom is 0.573 e. The molecular formula is C17H21Cl2F3N2O2S. The molecule has 1 saturated heterocycles. The van der Waals surface area contributed by atoms with E-state index in [0.29, 0.717) is 5.75 Å². The number of ether oxygens (including phenoxy) is 2. The molecule has 0 spiro atoms. The second-order valence-electron chi connectivity index (χ2n) is 5.66. The lowest BCUT2D eigenvalue weighted by Gasteiger charge is -2.35. The number of hydrogen-bond donors (Lipinski definition) is 1. The van der Waals surface area contributed by atoms with Crippen LogP contribution in [0.3, 0.4) is 0 Å². The Bertz CT molecular complexity index is 696. The first-order valence-electron chi connectivity index (χ1n) is 7.90. The van der Waals surface area contributed by atoms with Gasteiger partial charge in [0.25, 0.3) is 0 Å². The summed E-state index contributed by atoms with van der Waals surface area (Å²) in [4.78, 5) is 3.44. The zero-order valence-electron chi connectivity index (χ0n) is 14.5. The van der Waals surface area contributed by atoms with Crippen molar-refractivity contribution in [3.8, 4) is 11.5 Å². The molecule has 4 nitrogen and oxygen atoms in total. The largest absolute Gasteiger partial charge is 0.573 e. The molecule has 152 valence electrons. The molecule has 1 aliphatic heterocycles. The zero-order chi connectivity index (χ0) is 17.9. The number of piperazine rings is 1. The molecular weight excluding hydrogens is 424 g/mol. The minimum Gasteiger partial charge on any atom is -0.496 e. The van der Waals surface area contributed by atoms with Gasteiger partial charge in [-0.2, -0.15) is 0 Å². The highest BCUT2D eigenvalue weighted by Crippen LogP contribution is 2.39. The third-order valence-corrected chi connectivity index (χ3v) is 4.99. The minimum absolute atomic E-state index is 0. The van der Waals surface area contributed by atoms with Crippen molar-refractivity contribution in [3.63, 3.8) is 0 Å². The predicted octanol–water partition coefficient (Wildman–Crippen LogP) is 4.49. The maximum atomic E-state index is 12.5. The Morgan fingerprint density at radius 3 is 2.41 bits per heavy atom. The van der Waals surface area contributed by atoms with Gasteiger partial charge in [-0.25, -0.2) is 0 Å². The van der Waals surface area contributed by atoms with Crippen LogP contribution in [0.25, 0.3) is 0 Å². The van der Waals surface area contributed by atoms with E-state index in [0.717, 1.165) is 36.6 Å². The summed E-state index contributed by atoms with van der Waals surface area (Å²) >= 11 is 1.62. The number of hydrogen-bond acceptors (Lipinski definition) is 5. The van der Waals surface area contributed by atoms with E-state index in [1.807, 2.05) is 17.5 Å². The van der Waals surface area contributed by atoms with Crippen LogP contribution in [0.15, 0.2) is 35.7 Å². The second-order valence-corrected chi connectivity index (χ2v) is 6.63. The average molecular weight is 445 g/mol. The van der Waals surface area contributed by atoms with E-state index in [-0.39, 0.29) is 36.6 Å². The lowest BCUT2D eigenvalue weighted by molar-refractivity contribution is -0.274. The van der Waals surface area contributed by atoms with Crippen molar-refractivity contribution in [2.75, 3.05) is 33.3 Å². The van der Waals surface area contributed by atoms with E-state index in [2.05, 4.69) is 15.0 Å². The predicted molar refractivity (Wildman–Crippen MR) is 105 cm³/mol. The van der Waals surface area contributed by atoms with Crippen LogP contribution in [0, 0.1) is 0 Å². The number of benzene rings is 1. The first kappa shape index (κ1) is 23.8. The number of nitrogens with zero attached hydrogens (tertiary/aromatic N) is 1. The Balaban J connectivity index is 0.00000182. The lowest BCUT2D eigenvalue weighted by atomic mass is 10.0. The van der Waals surface area contributed by atoms with Gasteiger partial charge in [-0.3, -0.25) is 4.90 Å². The van der Waals surface area contributed by atoms with Crippen molar-refractivity contribution < 1.29 is 22.6 Å². The van der Waals surface area contributed by atoms with Crippen LogP contribution in [-0.4, -0.2) is 44.6 Å². The smallest absolute Gasteiger partial charge is 0.496 e. The average Bonchev–Trinajstić information content (AvgIpc) is 3.10. The summed E-state index contributed by atoms with van der Waals surface area (Å²) in [6.07, 6.45) is -4.72. The van der Waals surface area contributed by atoms with Crippen molar-refractivity contribution in [1.82, 2.24) is 10.2 Å². The Kier molecular flexibility index (Phi) is 9.17. The molecule has 27 heavy (non-hydrogen) atoms. The molecule has 0 amide bonds. The number of rotatable bonds is 5. The summed E-state index contributed by atoms with van der Waals surface area (Å²) in [7, 11) is 1.46. The topological polar surface area (TPSA) is 33.7 Å². The molecule has 0 bridgehead atoms. The van der Waals surface area contributed by atoms with Crippen molar-refractivity contribution >= 4 is 36.2 Å². The Morgan fingerprint density at radius 1 is 1.15 bits per heavy atom. The van der Waals surface area contributed by atoms with Gasteiger partial charge in [0, 0.05) is 42.7 Å². The fraction of sp³-hybridized carbons (Fsp3) is 0.412. The Morgan fingerprint density at radius 2 is 1.85 bits per heavy atom. The highest BCUT2D eigenvalue weighted by Gasteiger charge is 2.32. The molecule has 10 heteroatoms. The molecule has 1 atom stereocenters. The molecule has 2 aromatic rings. The zero-order valence-corrected chi connectivity index (χ0v) is 16.9. The van der Waals surface area contributed by atoms with Gasteiger partial charge in [-0.1, -0.05) is 6.07 Å². The summed E-state index contributed by atoms with van der Waals surface area (Å²) < 4.78 is 46.8. The van der Waals surface area contributed by atoms with E-state index >= 15 is 0 Å². The SMILES string of the molecule is COc1cc(OC(F)(F)F)ccc1[C@H](c1cccs1)N1CCNCC1.Cl.Cl. The summed E-state index contributed by atoms with van der Waals surface area (Å²) in [5, 5.41) is 5.31. The third kappa shape index (κ3) is 6.15. The summed E-state index contributed by atoms with van der Waals surface area (Å²) in [6.45, 7) is 3.46. The lowest BCUT2D eigenvalue weighted by Crippen LogP contribution is -2.45. The van der Waals surface area contributed by atoms with Gasteiger partial charge < -0.3 is 14.8 Å². The quantitative estimate of drug-likeness (QED) is 0.736. The fourth-order valence-corrected chi connectivity index (χ4v) is 3.91. The normalized spacial score (nSPS) is 16.0. The molecule has 0 saturated carbocycles. The molecule has 1 N–H and O–H groups in total. The van der Waals surface area contributed by atoms with Crippen LogP contribution in [0.5, 0.6) is 11.5 Å². The highest BCUT2D eigenvalue weighted by molar-refractivity contribution is 7.10. The van der Waals surface area contributed by atoms with E-state index in [1.165, 1.54) is 19.2 Å². The Labute approximate surface area is 172 Å². The van der Waals surface area contributed by atoms with E-state index < -0.39 is 6.36 Å². The molecule has 1 aromatic carbocycles. The van der Waals surface area contributed by atoms with E-state index in [4.69, 9.17) is 4.74 Å². The van der Waals surface area contributed by atoms with Crippen LogP contribution >= 0.6 is 36.2 Å². The molecule has 1 fully saturated rings. The molecule has 3 rings (SSSR count). The molecule has 0 radical (unpaired) electrons. The maximum absolute atomic E-state index is 12.5. The number of halogens is 5. The van der Waals surface area contributed by atoms with Crippen molar-refractivity contribution in [2.45, 2.75) is 12.4 Å². The van der Waals surface area contributed by atoms with Gasteiger partial charge in [0.15, 0.2) is 0 Å². The van der Waals surface area contributed by atoms with Crippen LogP contribution in [-0.2, 0) is 0 Å². The van der Waals surface area contributed by atoms with Gasteiger partial charge in [-0.05, 0) is 23.6 Å². The van der Waals surface area contributed by atoms with E-state index in [1.54, 1.807) is 17.4 Å². The number of methoxy groups -OCH3 is 1. The molecule has 1 aliphatic rings. The van der Waals surface area contributed by atoms with Gasteiger partial charge in [0.05, 0.1) is 13.2 Å². The monoisotopic (exact) mass is 444 g/mol. The van der Waals surface area contributed by atoms with Crippen LogP contribution in [0.4, 0.5) is 13.2 Å². The van der Waals surface area contributed by atoms with Gasteiger partial charge >= 0.3 is 6.36 Å². The standard InChI is InChI=1S/C17H19F3N2O2S.2ClH/c1-23-14-11-12(24-17(18,19)20)4-5-13(14)16(15-3-2-10-25-15)22-8-6-21-7-9-22;;/h2-5,10-11,16,21H,6-9H2,1H3;2*1H/t16-;;/m1../s1. The van der Waals surface area contributed by atoms with E-state index in [9.17, 15) is 13.2 Å². The number of nitrogens with one attached hydrogen (secondary N) is 1. The van der Waals surface area contributed by atoms with Gasteiger partial charge in [0.1, 0.15) is 11.5 Å². The van der Waals surface area contributed by atoms with Crippen LogP contribution < -0.4 is 14.8 Å². The van der Waals surface area contributed by atoms with Crippen LogP contribution in [0.2, 0.25) is 0 Å². The molecule has 0 aliphatic carbocycles. The van der Waals surface area contributed by atoms with Crippen molar-refractivity contribution in [3.05, 3.63) is 46.2 Å². The summed E-state index contributed by atoms with van der Waals surface area (Å²) in [5.74, 6) is 0.108. The van der Waals surface area contributed by atoms with Crippen LogP contribution in [0.1, 0.15) is 16.5 Å². The number of thiophene rings is 1. The fourth-order valence-electron chi connectivity index (χ4n) is 3.03. The summed E-state index contributed by atoms with van der Waals surface area (Å²) in [5.41, 5.74) is 0.835. The molecule has 2 heterocycles. The molecule has 1 aromatic heterocycles. The highest BCUT2D eigenvalue weighted by atomic mass is 35.5. The molecule has 0 unspecified atom stereocenters. The number of alkyl halides is 3.